The van der Waals surface area contributed by atoms with E-state index in [9.17, 15) is 4.79 Å². The van der Waals surface area contributed by atoms with E-state index >= 15 is 0 Å². The van der Waals surface area contributed by atoms with E-state index in [1.165, 1.54) is 19.0 Å². The van der Waals surface area contributed by atoms with Crippen LogP contribution in [0.15, 0.2) is 41.7 Å². The van der Waals surface area contributed by atoms with Gasteiger partial charge in [0.05, 0.1) is 0 Å². The number of benzene rings is 1. The highest BCUT2D eigenvalue weighted by molar-refractivity contribution is 7.99. The number of hydrogen-bond acceptors (Lipinski definition) is 6. The molecule has 0 radical (unpaired) electrons. The van der Waals surface area contributed by atoms with Crippen molar-refractivity contribution in [2.45, 2.75) is 37.9 Å². The summed E-state index contributed by atoms with van der Waals surface area (Å²) in [6.45, 7) is 2.69. The molecule has 0 atom stereocenters. The van der Waals surface area contributed by atoms with Gasteiger partial charge in [-0.25, -0.2) is 15.4 Å². The van der Waals surface area contributed by atoms with E-state index in [1.54, 1.807) is 17.2 Å². The van der Waals surface area contributed by atoms with Crippen molar-refractivity contribution in [2.24, 2.45) is 0 Å². The molecule has 0 aliphatic heterocycles. The predicted octanol–water partition coefficient (Wildman–Crippen LogP) is 3.49. The smallest absolute Gasteiger partial charge is 0.279 e. The average molecular weight is 346 g/mol. The van der Waals surface area contributed by atoms with Crippen molar-refractivity contribution in [1.29, 1.82) is 0 Å². The van der Waals surface area contributed by atoms with Crippen molar-refractivity contribution in [3.8, 4) is 0 Å². The molecule has 0 spiro atoms. The van der Waals surface area contributed by atoms with Gasteiger partial charge < -0.3 is 5.32 Å². The zero-order chi connectivity index (χ0) is 17.2. The lowest BCUT2D eigenvalue weighted by Gasteiger charge is -2.11. The van der Waals surface area contributed by atoms with Crippen LogP contribution in [0.1, 0.15) is 42.1 Å². The Balaban J connectivity index is 2.09. The van der Waals surface area contributed by atoms with E-state index in [1.807, 2.05) is 30.3 Å². The minimum absolute atomic E-state index is 0.214. The Morgan fingerprint density at radius 3 is 2.75 bits per heavy atom. The number of unbranched alkanes of at least 4 members (excludes halogenated alkanes) is 2. The summed E-state index contributed by atoms with van der Waals surface area (Å²) in [4.78, 5) is 20.4. The number of thioether (sulfide) groups is 1. The summed E-state index contributed by atoms with van der Waals surface area (Å²) in [5.74, 6) is 0.726. The van der Waals surface area contributed by atoms with Crippen molar-refractivity contribution in [3.63, 3.8) is 0 Å². The summed E-state index contributed by atoms with van der Waals surface area (Å²) in [6, 6.07) is 9.82. The number of carbonyl (C=O) groups is 1. The highest BCUT2D eigenvalue weighted by Crippen LogP contribution is 2.20. The first kappa shape index (κ1) is 18.2. The lowest BCUT2D eigenvalue weighted by Crippen LogP contribution is -2.21. The van der Waals surface area contributed by atoms with Crippen LogP contribution in [0.2, 0.25) is 0 Å². The Labute approximate surface area is 146 Å². The van der Waals surface area contributed by atoms with Crippen LogP contribution in [0.5, 0.6) is 0 Å². The molecule has 1 heterocycles. The number of aromatic nitrogens is 2. The zero-order valence-electron chi connectivity index (χ0n) is 13.7. The monoisotopic (exact) mass is 346 g/mol. The summed E-state index contributed by atoms with van der Waals surface area (Å²) >= 11 is 1.57. The molecule has 0 aliphatic rings. The SMILES string of the molecule is CCCCCSc1ncc(C(=O)NO)c(NCc2ccccc2)n1. The molecular weight excluding hydrogens is 324 g/mol. The molecule has 0 aliphatic carbocycles. The Morgan fingerprint density at radius 1 is 1.25 bits per heavy atom. The molecule has 128 valence electrons. The van der Waals surface area contributed by atoms with E-state index < -0.39 is 5.91 Å². The molecule has 1 aromatic heterocycles. The Hall–Kier alpha value is -2.12. The van der Waals surface area contributed by atoms with Crippen molar-refractivity contribution >= 4 is 23.5 Å². The van der Waals surface area contributed by atoms with Crippen LogP contribution < -0.4 is 10.8 Å². The average Bonchev–Trinajstić information content (AvgIpc) is 2.64. The lowest BCUT2D eigenvalue weighted by molar-refractivity contribution is 0.0706. The maximum Gasteiger partial charge on any atom is 0.279 e. The fourth-order valence-electron chi connectivity index (χ4n) is 2.09. The molecule has 0 unspecified atom stereocenters. The van der Waals surface area contributed by atoms with Crippen LogP contribution in [-0.4, -0.2) is 26.8 Å². The number of hydrogen-bond donors (Lipinski definition) is 3. The first-order valence-electron chi connectivity index (χ1n) is 7.96. The Kier molecular flexibility index (Phi) is 7.51. The number of rotatable bonds is 9. The van der Waals surface area contributed by atoms with Crippen LogP contribution in [0.4, 0.5) is 5.82 Å². The quantitative estimate of drug-likeness (QED) is 0.212. The molecule has 0 saturated heterocycles. The predicted molar refractivity (Wildman–Crippen MR) is 95.3 cm³/mol. The molecule has 0 saturated carbocycles. The van der Waals surface area contributed by atoms with Crippen LogP contribution in [0.25, 0.3) is 0 Å². The molecule has 7 heteroatoms. The van der Waals surface area contributed by atoms with Gasteiger partial charge in [-0.3, -0.25) is 10.0 Å². The maximum atomic E-state index is 11.8. The van der Waals surface area contributed by atoms with E-state index in [0.717, 1.165) is 17.7 Å². The third kappa shape index (κ3) is 5.50. The summed E-state index contributed by atoms with van der Waals surface area (Å²) in [5.41, 5.74) is 2.92. The summed E-state index contributed by atoms with van der Waals surface area (Å²) in [6.07, 6.45) is 4.89. The highest BCUT2D eigenvalue weighted by atomic mass is 32.2. The van der Waals surface area contributed by atoms with Crippen molar-refractivity contribution < 1.29 is 10.0 Å². The zero-order valence-corrected chi connectivity index (χ0v) is 14.5. The molecular formula is C17H22N4O2S. The number of anilines is 1. The second-order valence-corrected chi connectivity index (χ2v) is 6.31. The van der Waals surface area contributed by atoms with Gasteiger partial charge in [0, 0.05) is 18.5 Å². The second-order valence-electron chi connectivity index (χ2n) is 5.25. The van der Waals surface area contributed by atoms with E-state index in [2.05, 4.69) is 22.2 Å². The van der Waals surface area contributed by atoms with Gasteiger partial charge in [-0.1, -0.05) is 61.9 Å². The Morgan fingerprint density at radius 2 is 2.04 bits per heavy atom. The van der Waals surface area contributed by atoms with Gasteiger partial charge in [-0.05, 0) is 12.0 Å². The standard InChI is InChI=1S/C17H22N4O2S/c1-2-3-7-10-24-17-19-12-14(16(22)21-23)15(20-17)18-11-13-8-5-4-6-9-13/h4-6,8-9,12,23H,2-3,7,10-11H2,1H3,(H,21,22)(H,18,19,20). The molecule has 0 fully saturated rings. The largest absolute Gasteiger partial charge is 0.365 e. The number of amides is 1. The molecule has 6 nitrogen and oxygen atoms in total. The number of hydroxylamine groups is 1. The Bertz CT molecular complexity index is 652. The third-order valence-electron chi connectivity index (χ3n) is 3.39. The van der Waals surface area contributed by atoms with Gasteiger partial charge in [-0.15, -0.1) is 0 Å². The van der Waals surface area contributed by atoms with Gasteiger partial charge in [0.25, 0.3) is 5.91 Å². The van der Waals surface area contributed by atoms with Crippen molar-refractivity contribution in [1.82, 2.24) is 15.4 Å². The number of nitrogens with one attached hydrogen (secondary N) is 2. The topological polar surface area (TPSA) is 87.1 Å². The molecule has 1 aromatic carbocycles. The first-order chi connectivity index (χ1) is 11.7. The summed E-state index contributed by atoms with van der Waals surface area (Å²) in [7, 11) is 0. The van der Waals surface area contributed by atoms with Crippen LogP contribution in [0, 0.1) is 0 Å². The molecule has 24 heavy (non-hydrogen) atoms. The number of carbonyl (C=O) groups excluding carboxylic acids is 1. The van der Waals surface area contributed by atoms with Gasteiger partial charge >= 0.3 is 0 Å². The number of nitrogens with zero attached hydrogens (tertiary/aromatic N) is 2. The van der Waals surface area contributed by atoms with Gasteiger partial charge in [-0.2, -0.15) is 0 Å². The molecule has 1 amide bonds. The van der Waals surface area contributed by atoms with Crippen molar-refractivity contribution in [3.05, 3.63) is 47.7 Å². The van der Waals surface area contributed by atoms with Gasteiger partial charge in [0.2, 0.25) is 0 Å². The lowest BCUT2D eigenvalue weighted by atomic mass is 10.2. The van der Waals surface area contributed by atoms with Crippen LogP contribution in [-0.2, 0) is 6.54 Å². The van der Waals surface area contributed by atoms with E-state index in [-0.39, 0.29) is 5.56 Å². The third-order valence-corrected chi connectivity index (χ3v) is 4.34. The summed E-state index contributed by atoms with van der Waals surface area (Å²) in [5, 5.41) is 12.7. The van der Waals surface area contributed by atoms with E-state index in [0.29, 0.717) is 17.5 Å². The normalized spacial score (nSPS) is 10.4. The van der Waals surface area contributed by atoms with Crippen molar-refractivity contribution in [2.75, 3.05) is 11.1 Å². The minimum Gasteiger partial charge on any atom is -0.365 e. The molecule has 2 aromatic rings. The van der Waals surface area contributed by atoms with E-state index in [4.69, 9.17) is 5.21 Å². The maximum absolute atomic E-state index is 11.8. The minimum atomic E-state index is -0.631. The first-order valence-corrected chi connectivity index (χ1v) is 8.95. The fraction of sp³-hybridized carbons (Fsp3) is 0.353. The van der Waals surface area contributed by atoms with Crippen LogP contribution in [0.3, 0.4) is 0 Å². The van der Waals surface area contributed by atoms with Gasteiger partial charge in [0.15, 0.2) is 5.16 Å². The molecule has 0 bridgehead atoms. The second kappa shape index (κ2) is 9.89. The molecule has 2 rings (SSSR count). The highest BCUT2D eigenvalue weighted by Gasteiger charge is 2.14. The van der Waals surface area contributed by atoms with Gasteiger partial charge in [0.1, 0.15) is 11.4 Å². The molecule has 3 N–H and O–H groups in total. The fourth-order valence-corrected chi connectivity index (χ4v) is 2.91. The van der Waals surface area contributed by atoms with Crippen LogP contribution >= 0.6 is 11.8 Å². The summed E-state index contributed by atoms with van der Waals surface area (Å²) < 4.78 is 0.